The Kier molecular flexibility index (Phi) is 7.14. The fourth-order valence-electron chi connectivity index (χ4n) is 2.98. The van der Waals surface area contributed by atoms with Crippen molar-refractivity contribution in [3.8, 4) is 0 Å². The molecule has 0 spiro atoms. The lowest BCUT2D eigenvalue weighted by Crippen LogP contribution is -2.54. The molecule has 1 heterocycles. The number of amides is 1. The molecule has 1 aliphatic rings. The van der Waals surface area contributed by atoms with E-state index in [-0.39, 0.29) is 17.6 Å². The molecule has 0 aromatic heterocycles. The highest BCUT2D eigenvalue weighted by Gasteiger charge is 2.30. The molecule has 0 aliphatic carbocycles. The smallest absolute Gasteiger partial charge is 0.240 e. The number of nitrogens with zero attached hydrogens (tertiary/aromatic N) is 2. The fraction of sp³-hybridized carbons (Fsp3) is 0.611. The molecule has 1 aliphatic heterocycles. The quantitative estimate of drug-likeness (QED) is 0.771. The monoisotopic (exact) mass is 385 g/mol. The third-order valence-electron chi connectivity index (χ3n) is 4.41. The number of hydrogen-bond donors (Lipinski definition) is 1. The second-order valence-electron chi connectivity index (χ2n) is 7.31. The van der Waals surface area contributed by atoms with Crippen LogP contribution in [0.25, 0.3) is 0 Å². The van der Waals surface area contributed by atoms with E-state index in [1.807, 2.05) is 20.9 Å². The van der Waals surface area contributed by atoms with Crippen molar-refractivity contribution in [3.05, 3.63) is 35.6 Å². The first-order valence-corrected chi connectivity index (χ1v) is 10.5. The van der Waals surface area contributed by atoms with E-state index < -0.39 is 21.9 Å². The molecule has 1 aromatic rings. The van der Waals surface area contributed by atoms with Gasteiger partial charge in [0.25, 0.3) is 0 Å². The summed E-state index contributed by atoms with van der Waals surface area (Å²) in [4.78, 5) is 16.7. The predicted octanol–water partition coefficient (Wildman–Crippen LogP) is 1.43. The molecule has 1 N–H and O–H groups in total. The average molecular weight is 386 g/mol. The van der Waals surface area contributed by atoms with Crippen LogP contribution >= 0.6 is 0 Å². The summed E-state index contributed by atoms with van der Waals surface area (Å²) >= 11 is 0. The molecule has 1 aromatic carbocycles. The van der Waals surface area contributed by atoms with Gasteiger partial charge in [0.1, 0.15) is 11.9 Å². The van der Waals surface area contributed by atoms with Crippen molar-refractivity contribution in [3.63, 3.8) is 0 Å². The van der Waals surface area contributed by atoms with E-state index in [1.54, 1.807) is 4.90 Å². The lowest BCUT2D eigenvalue weighted by Gasteiger charge is -2.35. The molecule has 8 heteroatoms. The molecule has 0 radical (unpaired) electrons. The van der Waals surface area contributed by atoms with Gasteiger partial charge in [-0.1, -0.05) is 26.0 Å². The van der Waals surface area contributed by atoms with Gasteiger partial charge in [-0.15, -0.1) is 0 Å². The molecule has 1 fully saturated rings. The first-order chi connectivity index (χ1) is 12.2. The molecule has 1 amide bonds. The van der Waals surface area contributed by atoms with Gasteiger partial charge in [-0.05, 0) is 37.1 Å². The van der Waals surface area contributed by atoms with Crippen LogP contribution in [0.3, 0.4) is 0 Å². The molecule has 1 atom stereocenters. The fourth-order valence-corrected chi connectivity index (χ4v) is 4.32. The van der Waals surface area contributed by atoms with Crippen LogP contribution in [0.2, 0.25) is 0 Å². The zero-order chi connectivity index (χ0) is 19.3. The van der Waals surface area contributed by atoms with Crippen molar-refractivity contribution in [2.45, 2.75) is 32.1 Å². The maximum absolute atomic E-state index is 13.0. The number of piperazine rings is 1. The second-order valence-corrected chi connectivity index (χ2v) is 9.07. The van der Waals surface area contributed by atoms with E-state index in [4.69, 9.17) is 0 Å². The molecule has 26 heavy (non-hydrogen) atoms. The van der Waals surface area contributed by atoms with E-state index in [0.717, 1.165) is 13.1 Å². The third kappa shape index (κ3) is 6.34. The Morgan fingerprint density at radius 2 is 1.73 bits per heavy atom. The van der Waals surface area contributed by atoms with Crippen LogP contribution in [0.15, 0.2) is 24.3 Å². The SMILES string of the molecule is CC(C)C[C@H](NS(=O)(=O)Cc1ccc(F)cc1)C(=O)N1CCN(C)CC1. The third-order valence-corrected chi connectivity index (χ3v) is 5.77. The van der Waals surface area contributed by atoms with Crippen molar-refractivity contribution in [2.24, 2.45) is 5.92 Å². The van der Waals surface area contributed by atoms with Crippen molar-refractivity contribution in [2.75, 3.05) is 33.2 Å². The first kappa shape index (κ1) is 20.8. The highest BCUT2D eigenvalue weighted by molar-refractivity contribution is 7.88. The molecule has 0 bridgehead atoms. The average Bonchev–Trinajstić information content (AvgIpc) is 2.55. The summed E-state index contributed by atoms with van der Waals surface area (Å²) in [7, 11) is -1.72. The summed E-state index contributed by atoms with van der Waals surface area (Å²) in [6.45, 7) is 6.68. The lowest BCUT2D eigenvalue weighted by atomic mass is 10.0. The highest BCUT2D eigenvalue weighted by Crippen LogP contribution is 2.13. The van der Waals surface area contributed by atoms with Gasteiger partial charge in [0.2, 0.25) is 15.9 Å². The number of carbonyl (C=O) groups excluding carboxylic acids is 1. The number of sulfonamides is 1. The van der Waals surface area contributed by atoms with E-state index in [0.29, 0.717) is 25.1 Å². The van der Waals surface area contributed by atoms with E-state index in [2.05, 4.69) is 9.62 Å². The van der Waals surface area contributed by atoms with Gasteiger partial charge in [0.05, 0.1) is 5.75 Å². The van der Waals surface area contributed by atoms with Crippen LogP contribution < -0.4 is 4.72 Å². The summed E-state index contributed by atoms with van der Waals surface area (Å²) in [5.74, 6) is -0.695. The molecule has 146 valence electrons. The normalized spacial score (nSPS) is 17.5. The predicted molar refractivity (Wildman–Crippen MR) is 99.5 cm³/mol. The minimum absolute atomic E-state index is 0.171. The summed E-state index contributed by atoms with van der Waals surface area (Å²) in [5, 5.41) is 0. The second kappa shape index (κ2) is 8.92. The molecule has 0 unspecified atom stereocenters. The molecule has 2 rings (SSSR count). The Labute approximate surface area is 155 Å². The molecular formula is C18H28FN3O3S. The van der Waals surface area contributed by atoms with Gasteiger partial charge in [-0.3, -0.25) is 4.79 Å². The Morgan fingerprint density at radius 3 is 2.27 bits per heavy atom. The van der Waals surface area contributed by atoms with Gasteiger partial charge < -0.3 is 9.80 Å². The number of nitrogens with one attached hydrogen (secondary N) is 1. The van der Waals surface area contributed by atoms with E-state index in [9.17, 15) is 17.6 Å². The Bertz CT molecular complexity index is 699. The zero-order valence-corrected chi connectivity index (χ0v) is 16.4. The largest absolute Gasteiger partial charge is 0.339 e. The minimum atomic E-state index is -3.72. The van der Waals surface area contributed by atoms with Crippen LogP contribution in [-0.2, 0) is 20.6 Å². The van der Waals surface area contributed by atoms with Crippen LogP contribution in [0.1, 0.15) is 25.8 Å². The molecule has 1 saturated heterocycles. The van der Waals surface area contributed by atoms with Crippen LogP contribution in [-0.4, -0.2) is 63.4 Å². The number of carbonyl (C=O) groups is 1. The van der Waals surface area contributed by atoms with Crippen molar-refractivity contribution >= 4 is 15.9 Å². The number of likely N-dealkylation sites (N-methyl/N-ethyl adjacent to an activating group) is 1. The lowest BCUT2D eigenvalue weighted by molar-refractivity contribution is -0.135. The Morgan fingerprint density at radius 1 is 1.15 bits per heavy atom. The maximum Gasteiger partial charge on any atom is 0.240 e. The van der Waals surface area contributed by atoms with Gasteiger partial charge in [0.15, 0.2) is 0 Å². The first-order valence-electron chi connectivity index (χ1n) is 8.88. The van der Waals surface area contributed by atoms with Gasteiger partial charge in [0, 0.05) is 26.2 Å². The van der Waals surface area contributed by atoms with Crippen molar-refractivity contribution < 1.29 is 17.6 Å². The molecule has 6 nitrogen and oxygen atoms in total. The highest BCUT2D eigenvalue weighted by atomic mass is 32.2. The van der Waals surface area contributed by atoms with Gasteiger partial charge >= 0.3 is 0 Å². The van der Waals surface area contributed by atoms with E-state index in [1.165, 1.54) is 24.3 Å². The maximum atomic E-state index is 13.0. The summed E-state index contributed by atoms with van der Waals surface area (Å²) in [5.41, 5.74) is 0.481. The van der Waals surface area contributed by atoms with Crippen LogP contribution in [0, 0.1) is 11.7 Å². The van der Waals surface area contributed by atoms with Crippen molar-refractivity contribution in [1.29, 1.82) is 0 Å². The van der Waals surface area contributed by atoms with Gasteiger partial charge in [-0.2, -0.15) is 0 Å². The Balaban J connectivity index is 2.07. The summed E-state index contributed by atoms with van der Waals surface area (Å²) in [6, 6.07) is 4.56. The standard InChI is InChI=1S/C18H28FN3O3S/c1-14(2)12-17(18(23)22-10-8-21(3)9-11-22)20-26(24,25)13-15-4-6-16(19)7-5-15/h4-7,14,17,20H,8-13H2,1-3H3/t17-/m0/s1. The van der Waals surface area contributed by atoms with Crippen LogP contribution in [0.5, 0.6) is 0 Å². The Hall–Kier alpha value is -1.51. The summed E-state index contributed by atoms with van der Waals surface area (Å²) in [6.07, 6.45) is 0.438. The summed E-state index contributed by atoms with van der Waals surface area (Å²) < 4.78 is 40.6. The number of halogens is 1. The van der Waals surface area contributed by atoms with E-state index >= 15 is 0 Å². The molecular weight excluding hydrogens is 357 g/mol. The topological polar surface area (TPSA) is 69.7 Å². The van der Waals surface area contributed by atoms with Crippen molar-refractivity contribution in [1.82, 2.24) is 14.5 Å². The zero-order valence-electron chi connectivity index (χ0n) is 15.6. The van der Waals surface area contributed by atoms with Gasteiger partial charge in [-0.25, -0.2) is 17.5 Å². The van der Waals surface area contributed by atoms with Crippen LogP contribution in [0.4, 0.5) is 4.39 Å². The minimum Gasteiger partial charge on any atom is -0.339 e. The number of benzene rings is 1. The number of hydrogen-bond acceptors (Lipinski definition) is 4. The number of rotatable bonds is 7. The molecule has 0 saturated carbocycles.